The van der Waals surface area contributed by atoms with Crippen molar-refractivity contribution in [2.45, 2.75) is 11.0 Å². The van der Waals surface area contributed by atoms with Crippen molar-refractivity contribution < 1.29 is 4.39 Å². The number of alkyl halides is 2. The zero-order valence-corrected chi connectivity index (χ0v) is 8.32. The second-order valence-corrected chi connectivity index (χ2v) is 4.45. The highest BCUT2D eigenvalue weighted by atomic mass is 127. The highest BCUT2D eigenvalue weighted by molar-refractivity contribution is 14.1. The number of allylic oxidation sites excluding steroid dienone is 4. The van der Waals surface area contributed by atoms with Crippen molar-refractivity contribution in [3.8, 4) is 0 Å². The Kier molecular flexibility index (Phi) is 2.32. The summed E-state index contributed by atoms with van der Waals surface area (Å²) < 4.78 is 12.6. The molecule has 0 bridgehead atoms. The van der Waals surface area contributed by atoms with Crippen LogP contribution >= 0.6 is 38.5 Å². The standard InChI is InChI=1S/C6H5BrFI/c7-6(8)3-1-5(9)2-4-6/h1-3H,4H2. The van der Waals surface area contributed by atoms with Gasteiger partial charge in [0.1, 0.15) is 0 Å². The minimum Gasteiger partial charge on any atom is -0.226 e. The molecule has 0 aromatic carbocycles. The highest BCUT2D eigenvalue weighted by Gasteiger charge is 2.22. The van der Waals surface area contributed by atoms with E-state index in [9.17, 15) is 4.39 Å². The molecule has 50 valence electrons. The first kappa shape index (κ1) is 7.72. The molecular formula is C6H5BrFI. The lowest BCUT2D eigenvalue weighted by Gasteiger charge is -2.13. The fourth-order valence-corrected chi connectivity index (χ4v) is 1.27. The van der Waals surface area contributed by atoms with Crippen LogP contribution in [0.15, 0.2) is 21.8 Å². The Morgan fingerprint density at radius 3 is 2.78 bits per heavy atom. The molecule has 0 amide bonds. The van der Waals surface area contributed by atoms with E-state index in [-0.39, 0.29) is 0 Å². The molecule has 1 rings (SSSR count). The predicted octanol–water partition coefficient (Wildman–Crippen LogP) is 3.33. The van der Waals surface area contributed by atoms with Gasteiger partial charge in [-0.3, -0.25) is 0 Å². The molecule has 0 aromatic heterocycles. The zero-order chi connectivity index (χ0) is 6.91. The molecule has 0 aliphatic heterocycles. The normalized spacial score (nSPS) is 34.3. The van der Waals surface area contributed by atoms with Crippen LogP contribution in [0.2, 0.25) is 0 Å². The molecule has 1 aliphatic rings. The van der Waals surface area contributed by atoms with Crippen LogP contribution < -0.4 is 0 Å². The first-order chi connectivity index (χ1) is 4.10. The second kappa shape index (κ2) is 2.70. The minimum absolute atomic E-state index is 0.432. The molecule has 0 saturated heterocycles. The summed E-state index contributed by atoms with van der Waals surface area (Å²) in [6.07, 6.45) is 5.57. The van der Waals surface area contributed by atoms with Crippen LogP contribution in [0.1, 0.15) is 6.42 Å². The van der Waals surface area contributed by atoms with Gasteiger partial charge < -0.3 is 0 Å². The largest absolute Gasteiger partial charge is 0.226 e. The molecule has 1 aliphatic carbocycles. The molecule has 0 fully saturated rings. The monoisotopic (exact) mass is 302 g/mol. The van der Waals surface area contributed by atoms with Gasteiger partial charge in [0.25, 0.3) is 0 Å². The molecule has 9 heavy (non-hydrogen) atoms. The van der Waals surface area contributed by atoms with Gasteiger partial charge in [0, 0.05) is 10.0 Å². The number of rotatable bonds is 0. The van der Waals surface area contributed by atoms with Crippen LogP contribution in [0.3, 0.4) is 0 Å². The summed E-state index contributed by atoms with van der Waals surface area (Å²) in [6.45, 7) is 0. The Bertz CT molecular complexity index is 172. The second-order valence-electron chi connectivity index (χ2n) is 1.89. The Morgan fingerprint density at radius 1 is 1.78 bits per heavy atom. The fraction of sp³-hybridized carbons (Fsp3) is 0.333. The highest BCUT2D eigenvalue weighted by Crippen LogP contribution is 2.32. The molecule has 0 N–H and O–H groups in total. The molecule has 0 heterocycles. The Labute approximate surface area is 75.5 Å². The summed E-state index contributed by atoms with van der Waals surface area (Å²) >= 11 is 5.08. The molecule has 3 heteroatoms. The van der Waals surface area contributed by atoms with Crippen molar-refractivity contribution in [1.82, 2.24) is 0 Å². The molecule has 0 nitrogen and oxygen atoms in total. The van der Waals surface area contributed by atoms with Crippen LogP contribution in [0.25, 0.3) is 0 Å². The molecular weight excluding hydrogens is 298 g/mol. The Balaban J connectivity index is 2.70. The fourth-order valence-electron chi connectivity index (χ4n) is 0.571. The lowest BCUT2D eigenvalue weighted by atomic mass is 10.2. The topological polar surface area (TPSA) is 0 Å². The van der Waals surface area contributed by atoms with E-state index in [2.05, 4.69) is 38.5 Å². The van der Waals surface area contributed by atoms with Gasteiger partial charge in [-0.25, -0.2) is 4.39 Å². The third-order valence-electron chi connectivity index (χ3n) is 1.06. The van der Waals surface area contributed by atoms with Crippen molar-refractivity contribution in [3.63, 3.8) is 0 Å². The summed E-state index contributed by atoms with van der Waals surface area (Å²) in [5, 5.41) is 0. The summed E-state index contributed by atoms with van der Waals surface area (Å²) in [5.41, 5.74) is 0. The van der Waals surface area contributed by atoms with Crippen LogP contribution in [0.4, 0.5) is 4.39 Å². The maximum absolute atomic E-state index is 12.8. The molecule has 1 unspecified atom stereocenters. The predicted molar refractivity (Wildman–Crippen MR) is 48.6 cm³/mol. The smallest absolute Gasteiger partial charge is 0.187 e. The van der Waals surface area contributed by atoms with Crippen LogP contribution in [0.5, 0.6) is 0 Å². The number of hydrogen-bond acceptors (Lipinski definition) is 0. The van der Waals surface area contributed by atoms with Gasteiger partial charge >= 0.3 is 0 Å². The molecule has 0 aromatic rings. The van der Waals surface area contributed by atoms with E-state index >= 15 is 0 Å². The summed E-state index contributed by atoms with van der Waals surface area (Å²) in [4.78, 5) is 0. The molecule has 0 spiro atoms. The van der Waals surface area contributed by atoms with E-state index in [1.165, 1.54) is 6.08 Å². The third-order valence-corrected chi connectivity index (χ3v) is 2.44. The van der Waals surface area contributed by atoms with E-state index in [1.54, 1.807) is 6.08 Å². The van der Waals surface area contributed by atoms with Crippen molar-refractivity contribution in [1.29, 1.82) is 0 Å². The van der Waals surface area contributed by atoms with Crippen molar-refractivity contribution in [2.24, 2.45) is 0 Å². The van der Waals surface area contributed by atoms with Gasteiger partial charge in [0.05, 0.1) is 0 Å². The Hall–Kier alpha value is 0.620. The molecule has 0 radical (unpaired) electrons. The van der Waals surface area contributed by atoms with Crippen LogP contribution in [-0.4, -0.2) is 4.58 Å². The lowest BCUT2D eigenvalue weighted by Crippen LogP contribution is -2.09. The third kappa shape index (κ3) is 2.37. The SMILES string of the molecule is FC1(Br)C=CC(I)=CC1. The van der Waals surface area contributed by atoms with Gasteiger partial charge in [0.15, 0.2) is 4.58 Å². The average Bonchev–Trinajstić information content (AvgIpc) is 1.78. The van der Waals surface area contributed by atoms with Gasteiger partial charge in [-0.15, -0.1) is 0 Å². The van der Waals surface area contributed by atoms with Crippen LogP contribution in [-0.2, 0) is 0 Å². The first-order valence-electron chi connectivity index (χ1n) is 2.53. The van der Waals surface area contributed by atoms with Crippen molar-refractivity contribution >= 4 is 38.5 Å². The van der Waals surface area contributed by atoms with Gasteiger partial charge in [-0.2, -0.15) is 0 Å². The van der Waals surface area contributed by atoms with Gasteiger partial charge in [0.2, 0.25) is 0 Å². The van der Waals surface area contributed by atoms with E-state index in [1.807, 2.05) is 6.08 Å². The maximum atomic E-state index is 12.8. The summed E-state index contributed by atoms with van der Waals surface area (Å²) in [6, 6.07) is 0. The van der Waals surface area contributed by atoms with E-state index in [0.29, 0.717) is 6.42 Å². The van der Waals surface area contributed by atoms with Crippen LogP contribution in [0, 0.1) is 0 Å². The summed E-state index contributed by atoms with van der Waals surface area (Å²) in [5.74, 6) is 0. The number of halogens is 3. The van der Waals surface area contributed by atoms with Gasteiger partial charge in [-0.05, 0) is 50.7 Å². The number of hydrogen-bond donors (Lipinski definition) is 0. The lowest BCUT2D eigenvalue weighted by molar-refractivity contribution is 0.367. The zero-order valence-electron chi connectivity index (χ0n) is 4.57. The van der Waals surface area contributed by atoms with Crippen molar-refractivity contribution in [3.05, 3.63) is 21.8 Å². The van der Waals surface area contributed by atoms with E-state index in [0.717, 1.165) is 3.58 Å². The van der Waals surface area contributed by atoms with E-state index < -0.39 is 4.58 Å². The van der Waals surface area contributed by atoms with E-state index in [4.69, 9.17) is 0 Å². The molecule has 1 atom stereocenters. The maximum Gasteiger partial charge on any atom is 0.187 e. The van der Waals surface area contributed by atoms with Crippen molar-refractivity contribution in [2.75, 3.05) is 0 Å². The molecule has 0 saturated carbocycles. The Morgan fingerprint density at radius 2 is 2.44 bits per heavy atom. The van der Waals surface area contributed by atoms with Gasteiger partial charge in [-0.1, -0.05) is 6.08 Å². The average molecular weight is 303 g/mol. The summed E-state index contributed by atoms with van der Waals surface area (Å²) in [7, 11) is 0. The first-order valence-corrected chi connectivity index (χ1v) is 4.40. The quantitative estimate of drug-likeness (QED) is 0.476. The minimum atomic E-state index is -1.29.